The van der Waals surface area contributed by atoms with Crippen molar-refractivity contribution < 1.29 is 9.90 Å². The second-order valence-corrected chi connectivity index (χ2v) is 3.49. The Bertz CT molecular complexity index is 116. The summed E-state index contributed by atoms with van der Waals surface area (Å²) in [4.78, 5) is 9.60. The minimum absolute atomic E-state index is 0.0417. The lowest BCUT2D eigenvalue weighted by molar-refractivity contribution is -0.137. The first kappa shape index (κ1) is 14.0. The maximum atomic E-state index is 9.60. The van der Waals surface area contributed by atoms with Crippen LogP contribution in [0.3, 0.4) is 0 Å². The SMILES string of the molecule is CCC(C)(C)N.CCCC(=O)O. The second-order valence-electron chi connectivity index (χ2n) is 3.49. The minimum atomic E-state index is -0.711. The van der Waals surface area contributed by atoms with Crippen molar-refractivity contribution in [3.8, 4) is 0 Å². The summed E-state index contributed by atoms with van der Waals surface area (Å²) in [5.41, 5.74) is 5.58. The summed E-state index contributed by atoms with van der Waals surface area (Å²) in [5.74, 6) is -0.711. The molecule has 0 bridgehead atoms. The van der Waals surface area contributed by atoms with Crippen LogP contribution in [-0.2, 0) is 4.79 Å². The van der Waals surface area contributed by atoms with Gasteiger partial charge >= 0.3 is 5.97 Å². The fourth-order valence-electron chi connectivity index (χ4n) is 0.214. The van der Waals surface area contributed by atoms with Gasteiger partial charge in [-0.05, 0) is 26.7 Å². The quantitative estimate of drug-likeness (QED) is 0.689. The van der Waals surface area contributed by atoms with E-state index in [0.717, 1.165) is 12.8 Å². The molecular weight excluding hydrogens is 154 g/mol. The van der Waals surface area contributed by atoms with Gasteiger partial charge < -0.3 is 10.8 Å². The summed E-state index contributed by atoms with van der Waals surface area (Å²) in [6, 6.07) is 0. The summed E-state index contributed by atoms with van der Waals surface area (Å²) < 4.78 is 0. The summed E-state index contributed by atoms with van der Waals surface area (Å²) in [7, 11) is 0. The van der Waals surface area contributed by atoms with E-state index in [1.54, 1.807) is 0 Å². The molecule has 0 unspecified atom stereocenters. The van der Waals surface area contributed by atoms with Gasteiger partial charge in [0.2, 0.25) is 0 Å². The van der Waals surface area contributed by atoms with Gasteiger partial charge in [0.25, 0.3) is 0 Å². The van der Waals surface area contributed by atoms with Crippen LogP contribution in [0.5, 0.6) is 0 Å². The van der Waals surface area contributed by atoms with Crippen molar-refractivity contribution in [3.63, 3.8) is 0 Å². The molecule has 0 aliphatic carbocycles. The van der Waals surface area contributed by atoms with Gasteiger partial charge in [0, 0.05) is 12.0 Å². The van der Waals surface area contributed by atoms with Gasteiger partial charge in [0.1, 0.15) is 0 Å². The van der Waals surface area contributed by atoms with Gasteiger partial charge in [-0.25, -0.2) is 0 Å². The normalized spacial score (nSPS) is 10.1. The van der Waals surface area contributed by atoms with Gasteiger partial charge in [-0.3, -0.25) is 4.79 Å². The molecule has 0 amide bonds. The van der Waals surface area contributed by atoms with Crippen molar-refractivity contribution in [2.24, 2.45) is 5.73 Å². The van der Waals surface area contributed by atoms with E-state index >= 15 is 0 Å². The Kier molecular flexibility index (Phi) is 8.27. The molecule has 0 aliphatic heterocycles. The van der Waals surface area contributed by atoms with Crippen molar-refractivity contribution >= 4 is 5.97 Å². The lowest BCUT2D eigenvalue weighted by atomic mass is 10.1. The molecule has 0 aromatic rings. The van der Waals surface area contributed by atoms with Gasteiger partial charge in [0.15, 0.2) is 0 Å². The van der Waals surface area contributed by atoms with Crippen molar-refractivity contribution in [1.82, 2.24) is 0 Å². The number of aliphatic carboxylic acids is 1. The van der Waals surface area contributed by atoms with Crippen LogP contribution in [0.25, 0.3) is 0 Å². The van der Waals surface area contributed by atoms with Crippen LogP contribution in [0.4, 0.5) is 0 Å². The fourth-order valence-corrected chi connectivity index (χ4v) is 0.214. The molecule has 74 valence electrons. The first-order chi connectivity index (χ1) is 5.33. The third-order valence-electron chi connectivity index (χ3n) is 1.38. The second kappa shape index (κ2) is 7.10. The first-order valence-electron chi connectivity index (χ1n) is 4.34. The summed E-state index contributed by atoms with van der Waals surface area (Å²) >= 11 is 0. The molecule has 0 aromatic heterocycles. The standard InChI is InChI=1S/C5H13N.C4H8O2/c1-4-5(2,3)6;1-2-3-4(5)6/h4,6H2,1-3H3;2-3H2,1H3,(H,5,6). The third-order valence-corrected chi connectivity index (χ3v) is 1.38. The molecule has 0 atom stereocenters. The predicted octanol–water partition coefficient (Wildman–Crippen LogP) is 2.00. The Hall–Kier alpha value is -0.570. The highest BCUT2D eigenvalue weighted by atomic mass is 16.4. The molecule has 0 radical (unpaired) electrons. The molecule has 0 aromatic carbocycles. The summed E-state index contributed by atoms with van der Waals surface area (Å²) in [5, 5.41) is 7.91. The van der Waals surface area contributed by atoms with Gasteiger partial charge in [-0.2, -0.15) is 0 Å². The molecule has 3 heteroatoms. The third kappa shape index (κ3) is 22.7. The molecule has 0 rings (SSSR count). The highest BCUT2D eigenvalue weighted by Crippen LogP contribution is 1.99. The topological polar surface area (TPSA) is 63.3 Å². The molecule has 0 saturated carbocycles. The van der Waals surface area contributed by atoms with Crippen LogP contribution in [0.1, 0.15) is 47.0 Å². The Morgan fingerprint density at radius 1 is 1.42 bits per heavy atom. The molecule has 0 saturated heterocycles. The van der Waals surface area contributed by atoms with E-state index in [0.29, 0.717) is 6.42 Å². The van der Waals surface area contributed by atoms with E-state index in [1.165, 1.54) is 0 Å². The molecule has 0 fully saturated rings. The van der Waals surface area contributed by atoms with Crippen molar-refractivity contribution in [1.29, 1.82) is 0 Å². The van der Waals surface area contributed by atoms with Crippen LogP contribution >= 0.6 is 0 Å². The Balaban J connectivity index is 0. The van der Waals surface area contributed by atoms with Gasteiger partial charge in [0.05, 0.1) is 0 Å². The van der Waals surface area contributed by atoms with E-state index in [2.05, 4.69) is 6.92 Å². The van der Waals surface area contributed by atoms with Crippen LogP contribution in [-0.4, -0.2) is 16.6 Å². The van der Waals surface area contributed by atoms with Crippen molar-refractivity contribution in [3.05, 3.63) is 0 Å². The number of carboxylic acids is 1. The molecule has 0 aliphatic rings. The smallest absolute Gasteiger partial charge is 0.303 e. The zero-order chi connectivity index (χ0) is 10.2. The van der Waals surface area contributed by atoms with Gasteiger partial charge in [-0.15, -0.1) is 0 Å². The maximum Gasteiger partial charge on any atom is 0.303 e. The first-order valence-corrected chi connectivity index (χ1v) is 4.34. The van der Waals surface area contributed by atoms with E-state index in [4.69, 9.17) is 10.8 Å². The van der Waals surface area contributed by atoms with Crippen molar-refractivity contribution in [2.75, 3.05) is 0 Å². The Morgan fingerprint density at radius 2 is 1.75 bits per heavy atom. The van der Waals surface area contributed by atoms with Crippen LogP contribution in [0, 0.1) is 0 Å². The van der Waals surface area contributed by atoms with E-state index in [9.17, 15) is 4.79 Å². The predicted molar refractivity (Wildman–Crippen MR) is 51.1 cm³/mol. The largest absolute Gasteiger partial charge is 0.481 e. The number of carboxylic acid groups (broad SMARTS) is 1. The minimum Gasteiger partial charge on any atom is -0.481 e. The molecular formula is C9H21NO2. The maximum absolute atomic E-state index is 9.60. The van der Waals surface area contributed by atoms with Crippen molar-refractivity contribution in [2.45, 2.75) is 52.5 Å². The summed E-state index contributed by atoms with van der Waals surface area (Å²) in [6.07, 6.45) is 2.07. The molecule has 0 spiro atoms. The number of nitrogens with two attached hydrogens (primary N) is 1. The monoisotopic (exact) mass is 175 g/mol. The number of rotatable bonds is 3. The van der Waals surface area contributed by atoms with E-state index in [1.807, 2.05) is 20.8 Å². The van der Waals surface area contributed by atoms with Gasteiger partial charge in [-0.1, -0.05) is 13.8 Å². The average Bonchev–Trinajstić information content (AvgIpc) is 1.87. The van der Waals surface area contributed by atoms with E-state index in [-0.39, 0.29) is 5.54 Å². The highest BCUT2D eigenvalue weighted by Gasteiger charge is 2.03. The molecule has 12 heavy (non-hydrogen) atoms. The van der Waals surface area contributed by atoms with Crippen LogP contribution < -0.4 is 5.73 Å². The lowest BCUT2D eigenvalue weighted by Crippen LogP contribution is -2.30. The molecule has 3 nitrogen and oxygen atoms in total. The Morgan fingerprint density at radius 3 is 1.75 bits per heavy atom. The molecule has 0 heterocycles. The summed E-state index contributed by atoms with van der Waals surface area (Å²) in [6.45, 7) is 7.97. The number of hydrogen-bond acceptors (Lipinski definition) is 2. The van der Waals surface area contributed by atoms with E-state index < -0.39 is 5.97 Å². The number of carbonyl (C=O) groups is 1. The lowest BCUT2D eigenvalue weighted by Gasteiger charge is -2.13. The zero-order valence-corrected chi connectivity index (χ0v) is 8.55. The Labute approximate surface area is 75.0 Å². The average molecular weight is 175 g/mol. The molecule has 3 N–H and O–H groups in total. The number of hydrogen-bond donors (Lipinski definition) is 2. The van der Waals surface area contributed by atoms with Crippen LogP contribution in [0.2, 0.25) is 0 Å². The van der Waals surface area contributed by atoms with Crippen LogP contribution in [0.15, 0.2) is 0 Å². The highest BCUT2D eigenvalue weighted by molar-refractivity contribution is 5.66. The zero-order valence-electron chi connectivity index (χ0n) is 8.55. The fraction of sp³-hybridized carbons (Fsp3) is 0.889.